The second-order valence-electron chi connectivity index (χ2n) is 6.11. The fourth-order valence-corrected chi connectivity index (χ4v) is 2.61. The van der Waals surface area contributed by atoms with Crippen LogP contribution in [0, 0.1) is 0 Å². The van der Waals surface area contributed by atoms with E-state index in [9.17, 15) is 4.79 Å². The molecule has 2 atom stereocenters. The molecule has 0 bridgehead atoms. The van der Waals surface area contributed by atoms with E-state index in [0.29, 0.717) is 24.0 Å². The Kier molecular flexibility index (Phi) is 6.21. The summed E-state index contributed by atoms with van der Waals surface area (Å²) in [5.41, 5.74) is 0.610. The molecule has 0 saturated carbocycles. The van der Waals surface area contributed by atoms with E-state index in [1.165, 1.54) is 0 Å². The SMILES string of the molecule is CC1NCCCC1NC(=O)c1ccccc1OCCN(C)C. The van der Waals surface area contributed by atoms with E-state index in [1.807, 2.05) is 38.4 Å². The molecule has 1 heterocycles. The summed E-state index contributed by atoms with van der Waals surface area (Å²) >= 11 is 0. The van der Waals surface area contributed by atoms with Crippen molar-refractivity contribution in [2.75, 3.05) is 33.8 Å². The predicted octanol–water partition coefficient (Wildman–Crippen LogP) is 1.50. The molecule has 1 aliphatic heterocycles. The second-order valence-corrected chi connectivity index (χ2v) is 6.11. The number of benzene rings is 1. The monoisotopic (exact) mass is 305 g/mol. The van der Waals surface area contributed by atoms with E-state index in [0.717, 1.165) is 25.9 Å². The van der Waals surface area contributed by atoms with Crippen LogP contribution in [0.5, 0.6) is 5.75 Å². The molecule has 2 rings (SSSR count). The first-order valence-electron chi connectivity index (χ1n) is 7.98. The molecule has 1 fully saturated rings. The number of ether oxygens (including phenoxy) is 1. The van der Waals surface area contributed by atoms with Crippen LogP contribution < -0.4 is 15.4 Å². The number of likely N-dealkylation sites (N-methyl/N-ethyl adjacent to an activating group) is 1. The van der Waals surface area contributed by atoms with E-state index in [2.05, 4.69) is 22.5 Å². The molecule has 0 radical (unpaired) electrons. The molecular formula is C17H27N3O2. The minimum absolute atomic E-state index is 0.0546. The summed E-state index contributed by atoms with van der Waals surface area (Å²) < 4.78 is 5.77. The third-order valence-corrected chi connectivity index (χ3v) is 4.01. The maximum Gasteiger partial charge on any atom is 0.255 e. The Morgan fingerprint density at radius 3 is 2.91 bits per heavy atom. The van der Waals surface area contributed by atoms with Crippen LogP contribution >= 0.6 is 0 Å². The summed E-state index contributed by atoms with van der Waals surface area (Å²) in [6.07, 6.45) is 2.11. The number of rotatable bonds is 6. The first-order chi connectivity index (χ1) is 10.6. The minimum Gasteiger partial charge on any atom is -0.491 e. The molecule has 1 aromatic carbocycles. The van der Waals surface area contributed by atoms with Gasteiger partial charge in [0.1, 0.15) is 12.4 Å². The normalized spacial score (nSPS) is 21.6. The van der Waals surface area contributed by atoms with Crippen molar-refractivity contribution in [2.24, 2.45) is 0 Å². The molecule has 5 nitrogen and oxygen atoms in total. The maximum absolute atomic E-state index is 12.5. The highest BCUT2D eigenvalue weighted by Crippen LogP contribution is 2.19. The molecule has 2 N–H and O–H groups in total. The van der Waals surface area contributed by atoms with Gasteiger partial charge in [-0.1, -0.05) is 12.1 Å². The van der Waals surface area contributed by atoms with Gasteiger partial charge >= 0.3 is 0 Å². The van der Waals surface area contributed by atoms with Crippen molar-refractivity contribution in [3.63, 3.8) is 0 Å². The van der Waals surface area contributed by atoms with Gasteiger partial charge in [0.05, 0.1) is 5.56 Å². The Morgan fingerprint density at radius 1 is 1.41 bits per heavy atom. The molecule has 5 heteroatoms. The molecule has 122 valence electrons. The van der Waals surface area contributed by atoms with Gasteiger partial charge in [-0.25, -0.2) is 0 Å². The lowest BCUT2D eigenvalue weighted by Crippen LogP contribution is -2.51. The molecule has 0 aromatic heterocycles. The van der Waals surface area contributed by atoms with Gasteiger partial charge in [-0.05, 0) is 52.5 Å². The smallest absolute Gasteiger partial charge is 0.255 e. The van der Waals surface area contributed by atoms with Crippen LogP contribution in [0.3, 0.4) is 0 Å². The third kappa shape index (κ3) is 4.71. The van der Waals surface area contributed by atoms with Crippen LogP contribution in [0.4, 0.5) is 0 Å². The number of hydrogen-bond donors (Lipinski definition) is 2. The molecule has 22 heavy (non-hydrogen) atoms. The lowest BCUT2D eigenvalue weighted by Gasteiger charge is -2.30. The average molecular weight is 305 g/mol. The summed E-state index contributed by atoms with van der Waals surface area (Å²) in [5, 5.41) is 6.53. The van der Waals surface area contributed by atoms with Crippen LogP contribution in [-0.2, 0) is 0 Å². The summed E-state index contributed by atoms with van der Waals surface area (Å²) in [5.74, 6) is 0.597. The van der Waals surface area contributed by atoms with Gasteiger partial charge in [-0.15, -0.1) is 0 Å². The first-order valence-corrected chi connectivity index (χ1v) is 7.98. The zero-order chi connectivity index (χ0) is 15.9. The van der Waals surface area contributed by atoms with Crippen LogP contribution in [-0.4, -0.2) is 56.7 Å². The van der Waals surface area contributed by atoms with Gasteiger partial charge in [0.2, 0.25) is 0 Å². The second kappa shape index (κ2) is 8.15. The maximum atomic E-state index is 12.5. The number of nitrogens with one attached hydrogen (secondary N) is 2. The fraction of sp³-hybridized carbons (Fsp3) is 0.588. The largest absolute Gasteiger partial charge is 0.491 e. The van der Waals surface area contributed by atoms with E-state index in [4.69, 9.17) is 4.74 Å². The molecule has 1 amide bonds. The summed E-state index contributed by atoms with van der Waals surface area (Å²) in [4.78, 5) is 14.6. The Hall–Kier alpha value is -1.59. The number of para-hydroxylation sites is 1. The van der Waals surface area contributed by atoms with Crippen molar-refractivity contribution in [2.45, 2.75) is 31.8 Å². The number of amides is 1. The van der Waals surface area contributed by atoms with Crippen molar-refractivity contribution in [1.82, 2.24) is 15.5 Å². The van der Waals surface area contributed by atoms with Crippen LogP contribution in [0.15, 0.2) is 24.3 Å². The zero-order valence-corrected chi connectivity index (χ0v) is 13.8. The third-order valence-electron chi connectivity index (χ3n) is 4.01. The van der Waals surface area contributed by atoms with Gasteiger partial charge < -0.3 is 20.3 Å². The highest BCUT2D eigenvalue weighted by atomic mass is 16.5. The number of nitrogens with zero attached hydrogens (tertiary/aromatic N) is 1. The molecule has 0 spiro atoms. The quantitative estimate of drug-likeness (QED) is 0.836. The van der Waals surface area contributed by atoms with Gasteiger partial charge in [0, 0.05) is 18.6 Å². The topological polar surface area (TPSA) is 53.6 Å². The Morgan fingerprint density at radius 2 is 2.18 bits per heavy atom. The van der Waals surface area contributed by atoms with Crippen molar-refractivity contribution in [3.05, 3.63) is 29.8 Å². The Balaban J connectivity index is 1.99. The zero-order valence-electron chi connectivity index (χ0n) is 13.8. The van der Waals surface area contributed by atoms with Crippen molar-refractivity contribution >= 4 is 5.91 Å². The van der Waals surface area contributed by atoms with Gasteiger partial charge in [0.15, 0.2) is 0 Å². The molecule has 1 aromatic rings. The van der Waals surface area contributed by atoms with Crippen LogP contribution in [0.1, 0.15) is 30.1 Å². The van der Waals surface area contributed by atoms with E-state index >= 15 is 0 Å². The predicted molar refractivity (Wildman–Crippen MR) is 88.4 cm³/mol. The standard InChI is InChI=1S/C17H27N3O2/c1-13-15(8-6-10-18-13)19-17(21)14-7-4-5-9-16(14)22-12-11-20(2)3/h4-5,7,9,13,15,18H,6,8,10-12H2,1-3H3,(H,19,21). The van der Waals surface area contributed by atoms with Crippen LogP contribution in [0.25, 0.3) is 0 Å². The fourth-order valence-electron chi connectivity index (χ4n) is 2.61. The van der Waals surface area contributed by atoms with Crippen molar-refractivity contribution in [1.29, 1.82) is 0 Å². The van der Waals surface area contributed by atoms with Gasteiger partial charge in [0.25, 0.3) is 5.91 Å². The number of carbonyl (C=O) groups is 1. The lowest BCUT2D eigenvalue weighted by molar-refractivity contribution is 0.0915. The summed E-state index contributed by atoms with van der Waals surface area (Å²) in [6, 6.07) is 7.92. The minimum atomic E-state index is -0.0546. The average Bonchev–Trinajstić information content (AvgIpc) is 2.49. The van der Waals surface area contributed by atoms with E-state index < -0.39 is 0 Å². The van der Waals surface area contributed by atoms with Crippen molar-refractivity contribution in [3.8, 4) is 5.75 Å². The van der Waals surface area contributed by atoms with E-state index in [1.54, 1.807) is 0 Å². The summed E-state index contributed by atoms with van der Waals surface area (Å²) in [6.45, 7) is 4.53. The highest BCUT2D eigenvalue weighted by molar-refractivity contribution is 5.97. The van der Waals surface area contributed by atoms with E-state index in [-0.39, 0.29) is 11.9 Å². The van der Waals surface area contributed by atoms with Gasteiger partial charge in [-0.2, -0.15) is 0 Å². The lowest BCUT2D eigenvalue weighted by atomic mass is 9.99. The number of hydrogen-bond acceptors (Lipinski definition) is 4. The first kappa shape index (κ1) is 16.8. The molecule has 0 aliphatic carbocycles. The Bertz CT molecular complexity index is 491. The summed E-state index contributed by atoms with van der Waals surface area (Å²) in [7, 11) is 4.00. The Labute approximate surface area is 133 Å². The number of carbonyl (C=O) groups excluding carboxylic acids is 1. The molecule has 2 unspecified atom stereocenters. The highest BCUT2D eigenvalue weighted by Gasteiger charge is 2.23. The molecule has 1 saturated heterocycles. The van der Waals surface area contributed by atoms with Gasteiger partial charge in [-0.3, -0.25) is 4.79 Å². The van der Waals surface area contributed by atoms with Crippen LogP contribution in [0.2, 0.25) is 0 Å². The molecular weight excluding hydrogens is 278 g/mol. The molecule has 1 aliphatic rings. The van der Waals surface area contributed by atoms with Crippen molar-refractivity contribution < 1.29 is 9.53 Å². The number of piperidine rings is 1.